The first kappa shape index (κ1) is 20.7. The van der Waals surface area contributed by atoms with Crippen molar-refractivity contribution in [2.24, 2.45) is 0 Å². The molecule has 3 heterocycles. The molecule has 0 saturated carbocycles. The number of methoxy groups -OCH3 is 1. The number of aromatic nitrogens is 1. The van der Waals surface area contributed by atoms with Crippen LogP contribution in [0.1, 0.15) is 30.0 Å². The molecule has 1 aromatic heterocycles. The summed E-state index contributed by atoms with van der Waals surface area (Å²) in [5.74, 6) is 1.01. The first-order valence-corrected chi connectivity index (χ1v) is 10.5. The highest BCUT2D eigenvalue weighted by atomic mass is 35.5. The number of halogens is 1. The number of hydrogen-bond donors (Lipinski definition) is 3. The summed E-state index contributed by atoms with van der Waals surface area (Å²) in [5, 5.41) is 4.37. The van der Waals surface area contributed by atoms with Crippen molar-refractivity contribution in [3.8, 4) is 0 Å². The number of carbonyl (C=O) groups is 1. The Morgan fingerprint density at radius 1 is 1.20 bits per heavy atom. The molecule has 2 aliphatic rings. The van der Waals surface area contributed by atoms with E-state index < -0.39 is 0 Å². The fourth-order valence-corrected chi connectivity index (χ4v) is 4.11. The maximum atomic E-state index is 12.0. The lowest BCUT2D eigenvalue weighted by molar-refractivity contribution is -0.136. The van der Waals surface area contributed by atoms with Crippen molar-refractivity contribution in [2.75, 3.05) is 26.8 Å². The molecular weight excluding hydrogens is 402 g/mol. The molecule has 1 fully saturated rings. The first-order chi connectivity index (χ1) is 14.7. The molecule has 1 amide bonds. The van der Waals surface area contributed by atoms with Crippen molar-refractivity contribution in [1.82, 2.24) is 26.1 Å². The van der Waals surface area contributed by atoms with Gasteiger partial charge in [-0.05, 0) is 48.2 Å². The molecule has 30 heavy (non-hydrogen) atoms. The van der Waals surface area contributed by atoms with Crippen LogP contribution in [-0.4, -0.2) is 48.6 Å². The van der Waals surface area contributed by atoms with Crippen molar-refractivity contribution in [3.63, 3.8) is 0 Å². The number of amides is 1. The van der Waals surface area contributed by atoms with Gasteiger partial charge in [-0.1, -0.05) is 23.7 Å². The molecule has 158 valence electrons. The quantitative estimate of drug-likeness (QED) is 0.657. The Hall–Kier alpha value is -2.61. The summed E-state index contributed by atoms with van der Waals surface area (Å²) in [6.07, 6.45) is 5.37. The molecule has 1 atom stereocenters. The zero-order chi connectivity index (χ0) is 20.9. The van der Waals surface area contributed by atoms with E-state index in [0.717, 1.165) is 48.5 Å². The summed E-state index contributed by atoms with van der Waals surface area (Å²) >= 11 is 6.08. The second kappa shape index (κ2) is 9.47. The van der Waals surface area contributed by atoms with Gasteiger partial charge in [0.25, 0.3) is 0 Å². The topological polar surface area (TPSA) is 78.5 Å². The minimum atomic E-state index is -0.0180. The minimum absolute atomic E-state index is 0.0180. The molecule has 4 rings (SSSR count). The van der Waals surface area contributed by atoms with Gasteiger partial charge in [-0.15, -0.1) is 0 Å². The van der Waals surface area contributed by atoms with Crippen LogP contribution in [0.15, 0.2) is 54.6 Å². The molecule has 2 aliphatic heterocycles. The zero-order valence-corrected chi connectivity index (χ0v) is 17.7. The molecule has 8 heteroatoms. The molecule has 1 aromatic carbocycles. The minimum Gasteiger partial charge on any atom is -0.375 e. The van der Waals surface area contributed by atoms with Gasteiger partial charge in [0, 0.05) is 49.2 Å². The van der Waals surface area contributed by atoms with Crippen LogP contribution in [0.5, 0.6) is 0 Å². The van der Waals surface area contributed by atoms with Gasteiger partial charge in [0.1, 0.15) is 12.4 Å². The standard InChI is InChI=1S/C22H26ClN5O2/c1-30-14-19(29)28-12-8-18(9-13-28)25-22-20(15-6-10-24-11-7-15)21(26-27-22)16-2-4-17(23)5-3-16/h2-7,10-11,18,21,25-27H,8-9,12-14H2,1H3. The summed E-state index contributed by atoms with van der Waals surface area (Å²) in [7, 11) is 1.55. The Morgan fingerprint density at radius 3 is 2.57 bits per heavy atom. The number of rotatable bonds is 6. The molecule has 1 saturated heterocycles. The van der Waals surface area contributed by atoms with Crippen molar-refractivity contribution in [1.29, 1.82) is 0 Å². The van der Waals surface area contributed by atoms with Crippen LogP contribution in [0.3, 0.4) is 0 Å². The summed E-state index contributed by atoms with van der Waals surface area (Å²) in [6.45, 7) is 1.60. The van der Waals surface area contributed by atoms with Gasteiger partial charge < -0.3 is 20.4 Å². The normalized spacial score (nSPS) is 19.7. The van der Waals surface area contributed by atoms with Gasteiger partial charge in [0.2, 0.25) is 5.91 Å². The van der Waals surface area contributed by atoms with E-state index in [1.54, 1.807) is 19.5 Å². The first-order valence-electron chi connectivity index (χ1n) is 10.1. The third-order valence-electron chi connectivity index (χ3n) is 5.56. The number of nitrogens with zero attached hydrogens (tertiary/aromatic N) is 2. The van der Waals surface area contributed by atoms with Gasteiger partial charge in [0.05, 0.1) is 6.04 Å². The number of benzene rings is 1. The average molecular weight is 428 g/mol. The third-order valence-corrected chi connectivity index (χ3v) is 5.81. The fourth-order valence-electron chi connectivity index (χ4n) is 3.98. The van der Waals surface area contributed by atoms with Crippen molar-refractivity contribution < 1.29 is 9.53 Å². The third kappa shape index (κ3) is 4.59. The van der Waals surface area contributed by atoms with Gasteiger partial charge in [0.15, 0.2) is 0 Å². The molecule has 0 bridgehead atoms. The highest BCUT2D eigenvalue weighted by Crippen LogP contribution is 2.35. The van der Waals surface area contributed by atoms with Crippen LogP contribution in [0.4, 0.5) is 0 Å². The number of carbonyl (C=O) groups excluding carboxylic acids is 1. The van der Waals surface area contributed by atoms with Crippen molar-refractivity contribution >= 4 is 23.1 Å². The molecule has 0 aliphatic carbocycles. The van der Waals surface area contributed by atoms with Crippen LogP contribution in [0.2, 0.25) is 5.02 Å². The molecule has 0 radical (unpaired) electrons. The second-order valence-corrected chi connectivity index (χ2v) is 7.95. The average Bonchev–Trinajstić information content (AvgIpc) is 3.19. The van der Waals surface area contributed by atoms with Gasteiger partial charge in [-0.2, -0.15) is 0 Å². The lowest BCUT2D eigenvalue weighted by Gasteiger charge is -2.33. The second-order valence-electron chi connectivity index (χ2n) is 7.51. The van der Waals surface area contributed by atoms with Crippen LogP contribution in [0, 0.1) is 0 Å². The monoisotopic (exact) mass is 427 g/mol. The van der Waals surface area contributed by atoms with E-state index in [-0.39, 0.29) is 24.6 Å². The SMILES string of the molecule is COCC(=O)N1CCC(NC2=C(c3ccncc3)C(c3ccc(Cl)cc3)NN2)CC1. The maximum absolute atomic E-state index is 12.0. The van der Waals surface area contributed by atoms with Crippen LogP contribution in [-0.2, 0) is 9.53 Å². The predicted octanol–water partition coefficient (Wildman–Crippen LogP) is 2.48. The van der Waals surface area contributed by atoms with E-state index in [1.807, 2.05) is 41.3 Å². The van der Waals surface area contributed by atoms with Gasteiger partial charge in [-0.25, -0.2) is 5.43 Å². The highest BCUT2D eigenvalue weighted by Gasteiger charge is 2.30. The number of pyridine rings is 1. The lowest BCUT2D eigenvalue weighted by Crippen LogP contribution is -2.47. The van der Waals surface area contributed by atoms with Crippen LogP contribution < -0.4 is 16.2 Å². The summed E-state index contributed by atoms with van der Waals surface area (Å²) in [4.78, 5) is 18.1. The van der Waals surface area contributed by atoms with Crippen LogP contribution >= 0.6 is 11.6 Å². The lowest BCUT2D eigenvalue weighted by atomic mass is 9.94. The number of hydrazine groups is 1. The largest absolute Gasteiger partial charge is 0.375 e. The molecule has 3 N–H and O–H groups in total. The predicted molar refractivity (Wildman–Crippen MR) is 116 cm³/mol. The van der Waals surface area contributed by atoms with E-state index in [0.29, 0.717) is 5.02 Å². The smallest absolute Gasteiger partial charge is 0.248 e. The molecule has 0 spiro atoms. The Bertz CT molecular complexity index is 896. The molecule has 2 aromatic rings. The Kier molecular flexibility index (Phi) is 6.52. The maximum Gasteiger partial charge on any atom is 0.248 e. The number of nitrogens with one attached hydrogen (secondary N) is 3. The van der Waals surface area contributed by atoms with Gasteiger partial charge in [-0.3, -0.25) is 9.78 Å². The fraction of sp³-hybridized carbons (Fsp3) is 0.364. The van der Waals surface area contributed by atoms with E-state index in [9.17, 15) is 4.79 Å². The number of piperidine rings is 1. The van der Waals surface area contributed by atoms with Crippen molar-refractivity contribution in [3.05, 3.63) is 70.8 Å². The van der Waals surface area contributed by atoms with E-state index >= 15 is 0 Å². The zero-order valence-electron chi connectivity index (χ0n) is 16.9. The Labute approximate surface area is 181 Å². The highest BCUT2D eigenvalue weighted by molar-refractivity contribution is 6.30. The molecule has 7 nitrogen and oxygen atoms in total. The molecule has 1 unspecified atom stereocenters. The Balaban J connectivity index is 1.53. The van der Waals surface area contributed by atoms with E-state index in [1.165, 1.54) is 0 Å². The number of ether oxygens (including phenoxy) is 1. The number of hydrogen-bond acceptors (Lipinski definition) is 6. The summed E-state index contributed by atoms with van der Waals surface area (Å²) < 4.78 is 4.97. The summed E-state index contributed by atoms with van der Waals surface area (Å²) in [5.41, 5.74) is 10.1. The van der Waals surface area contributed by atoms with Crippen LogP contribution in [0.25, 0.3) is 5.57 Å². The van der Waals surface area contributed by atoms with E-state index in [4.69, 9.17) is 16.3 Å². The summed E-state index contributed by atoms with van der Waals surface area (Å²) in [6, 6.07) is 12.2. The molecular formula is C22H26ClN5O2. The van der Waals surface area contributed by atoms with Gasteiger partial charge >= 0.3 is 0 Å². The Morgan fingerprint density at radius 2 is 1.90 bits per heavy atom. The van der Waals surface area contributed by atoms with Crippen molar-refractivity contribution in [2.45, 2.75) is 24.9 Å². The number of likely N-dealkylation sites (tertiary alicyclic amines) is 1. The van der Waals surface area contributed by atoms with E-state index in [2.05, 4.69) is 21.2 Å².